The van der Waals surface area contributed by atoms with Crippen LogP contribution >= 0.6 is 0 Å². The lowest BCUT2D eigenvalue weighted by Crippen LogP contribution is -2.31. The second-order valence-corrected chi connectivity index (χ2v) is 6.54. The van der Waals surface area contributed by atoms with Crippen molar-refractivity contribution in [2.24, 2.45) is 5.92 Å². The average molecular weight is 287 g/mol. The van der Waals surface area contributed by atoms with Crippen LogP contribution in [0.25, 0.3) is 0 Å². The second kappa shape index (κ2) is 6.61. The van der Waals surface area contributed by atoms with Gasteiger partial charge in [-0.05, 0) is 36.7 Å². The van der Waals surface area contributed by atoms with Gasteiger partial charge in [0.2, 0.25) is 5.91 Å². The van der Waals surface area contributed by atoms with Crippen molar-refractivity contribution in [3.8, 4) is 0 Å². The predicted molar refractivity (Wildman–Crippen MR) is 83.1 cm³/mol. The molecule has 1 amide bonds. The van der Waals surface area contributed by atoms with Gasteiger partial charge in [0.25, 0.3) is 0 Å². The molecule has 114 valence electrons. The van der Waals surface area contributed by atoms with Crippen LogP contribution in [-0.4, -0.2) is 36.6 Å². The SMILES string of the molecule is CC(CC(=O)N1CCC(OCC2CC2)C1)c1ccccc1. The zero-order valence-corrected chi connectivity index (χ0v) is 12.8. The van der Waals surface area contributed by atoms with Crippen LogP contribution in [0.1, 0.15) is 44.1 Å². The van der Waals surface area contributed by atoms with Crippen LogP contribution in [0.3, 0.4) is 0 Å². The fourth-order valence-corrected chi connectivity index (χ4v) is 2.94. The number of carbonyl (C=O) groups is 1. The molecular weight excluding hydrogens is 262 g/mol. The largest absolute Gasteiger partial charge is 0.376 e. The van der Waals surface area contributed by atoms with Crippen molar-refractivity contribution in [2.75, 3.05) is 19.7 Å². The molecule has 0 aromatic heterocycles. The number of carbonyl (C=O) groups excluding carboxylic acids is 1. The van der Waals surface area contributed by atoms with Crippen LogP contribution in [0.5, 0.6) is 0 Å². The number of likely N-dealkylation sites (tertiary alicyclic amines) is 1. The number of benzene rings is 1. The van der Waals surface area contributed by atoms with Crippen LogP contribution in [0, 0.1) is 5.92 Å². The third kappa shape index (κ3) is 4.07. The van der Waals surface area contributed by atoms with Crippen molar-refractivity contribution in [3.05, 3.63) is 35.9 Å². The van der Waals surface area contributed by atoms with E-state index in [0.717, 1.165) is 32.0 Å². The van der Waals surface area contributed by atoms with E-state index < -0.39 is 0 Å². The van der Waals surface area contributed by atoms with Gasteiger partial charge in [-0.2, -0.15) is 0 Å². The highest BCUT2D eigenvalue weighted by atomic mass is 16.5. The van der Waals surface area contributed by atoms with Crippen molar-refractivity contribution in [1.82, 2.24) is 4.90 Å². The van der Waals surface area contributed by atoms with Gasteiger partial charge in [-0.1, -0.05) is 37.3 Å². The Bertz CT molecular complexity index is 469. The quantitative estimate of drug-likeness (QED) is 0.804. The summed E-state index contributed by atoms with van der Waals surface area (Å²) in [6, 6.07) is 10.3. The van der Waals surface area contributed by atoms with E-state index in [0.29, 0.717) is 6.42 Å². The van der Waals surface area contributed by atoms with E-state index in [9.17, 15) is 4.79 Å². The Balaban J connectivity index is 1.45. The molecular formula is C18H25NO2. The third-order valence-electron chi connectivity index (χ3n) is 4.61. The summed E-state index contributed by atoms with van der Waals surface area (Å²) in [6.45, 7) is 4.67. The monoisotopic (exact) mass is 287 g/mol. The lowest BCUT2D eigenvalue weighted by molar-refractivity contribution is -0.131. The number of nitrogens with zero attached hydrogens (tertiary/aromatic N) is 1. The Kier molecular flexibility index (Phi) is 4.59. The minimum atomic E-state index is 0.265. The summed E-state index contributed by atoms with van der Waals surface area (Å²) in [7, 11) is 0. The molecule has 1 aliphatic heterocycles. The van der Waals surface area contributed by atoms with Crippen molar-refractivity contribution >= 4 is 5.91 Å². The average Bonchev–Trinajstić information content (AvgIpc) is 3.22. The summed E-state index contributed by atoms with van der Waals surface area (Å²) in [4.78, 5) is 14.4. The van der Waals surface area contributed by atoms with Crippen LogP contribution in [-0.2, 0) is 9.53 Å². The van der Waals surface area contributed by atoms with E-state index in [2.05, 4.69) is 19.1 Å². The molecule has 1 aromatic rings. The first kappa shape index (κ1) is 14.6. The minimum Gasteiger partial charge on any atom is -0.376 e. The van der Waals surface area contributed by atoms with E-state index >= 15 is 0 Å². The van der Waals surface area contributed by atoms with Crippen LogP contribution in [0.2, 0.25) is 0 Å². The fraction of sp³-hybridized carbons (Fsp3) is 0.611. The molecule has 0 N–H and O–H groups in total. The summed E-state index contributed by atoms with van der Waals surface area (Å²) in [5.74, 6) is 1.35. The number of ether oxygens (including phenoxy) is 1. The van der Waals surface area contributed by atoms with Gasteiger partial charge >= 0.3 is 0 Å². The van der Waals surface area contributed by atoms with Gasteiger partial charge in [0.05, 0.1) is 6.10 Å². The molecule has 2 aliphatic rings. The second-order valence-electron chi connectivity index (χ2n) is 6.54. The zero-order chi connectivity index (χ0) is 14.7. The Hall–Kier alpha value is -1.35. The molecule has 2 unspecified atom stereocenters. The van der Waals surface area contributed by atoms with Crippen molar-refractivity contribution in [2.45, 2.75) is 44.6 Å². The molecule has 0 spiro atoms. The van der Waals surface area contributed by atoms with E-state index in [1.807, 2.05) is 23.1 Å². The van der Waals surface area contributed by atoms with Crippen LogP contribution in [0.4, 0.5) is 0 Å². The predicted octanol–water partition coefficient (Wildman–Crippen LogP) is 3.21. The molecule has 1 aromatic carbocycles. The van der Waals surface area contributed by atoms with Gasteiger partial charge in [-0.3, -0.25) is 4.79 Å². The first-order valence-corrected chi connectivity index (χ1v) is 8.16. The van der Waals surface area contributed by atoms with E-state index in [1.54, 1.807) is 0 Å². The molecule has 1 saturated heterocycles. The number of rotatable bonds is 6. The van der Waals surface area contributed by atoms with Gasteiger partial charge < -0.3 is 9.64 Å². The van der Waals surface area contributed by atoms with Crippen LogP contribution < -0.4 is 0 Å². The third-order valence-corrected chi connectivity index (χ3v) is 4.61. The Labute approximate surface area is 127 Å². The number of amides is 1. The summed E-state index contributed by atoms with van der Waals surface area (Å²) in [5, 5.41) is 0. The van der Waals surface area contributed by atoms with E-state index in [-0.39, 0.29) is 17.9 Å². The lowest BCUT2D eigenvalue weighted by Gasteiger charge is -2.19. The Morgan fingerprint density at radius 1 is 1.29 bits per heavy atom. The molecule has 2 fully saturated rings. The van der Waals surface area contributed by atoms with Crippen LogP contribution in [0.15, 0.2) is 30.3 Å². The standard InChI is InChI=1S/C18H25NO2/c1-14(16-5-3-2-4-6-16)11-18(20)19-10-9-17(12-19)21-13-15-7-8-15/h2-6,14-15,17H,7-13H2,1H3. The summed E-state index contributed by atoms with van der Waals surface area (Å²) >= 11 is 0. The molecule has 3 nitrogen and oxygen atoms in total. The highest BCUT2D eigenvalue weighted by Gasteiger charge is 2.29. The smallest absolute Gasteiger partial charge is 0.223 e. The highest BCUT2D eigenvalue weighted by molar-refractivity contribution is 5.77. The Morgan fingerprint density at radius 2 is 2.05 bits per heavy atom. The van der Waals surface area contributed by atoms with Gasteiger partial charge in [-0.25, -0.2) is 0 Å². The summed E-state index contributed by atoms with van der Waals surface area (Å²) in [6.07, 6.45) is 4.51. The fourth-order valence-electron chi connectivity index (χ4n) is 2.94. The molecule has 2 atom stereocenters. The molecule has 0 bridgehead atoms. The van der Waals surface area contributed by atoms with Gasteiger partial charge in [0, 0.05) is 26.1 Å². The molecule has 1 aliphatic carbocycles. The first-order valence-electron chi connectivity index (χ1n) is 8.16. The minimum absolute atomic E-state index is 0.265. The normalized spacial score (nSPS) is 23.3. The van der Waals surface area contributed by atoms with Crippen molar-refractivity contribution < 1.29 is 9.53 Å². The highest BCUT2D eigenvalue weighted by Crippen LogP contribution is 2.30. The molecule has 1 saturated carbocycles. The van der Waals surface area contributed by atoms with E-state index in [1.165, 1.54) is 18.4 Å². The molecule has 1 heterocycles. The number of hydrogen-bond donors (Lipinski definition) is 0. The summed E-state index contributed by atoms with van der Waals surface area (Å²) in [5.41, 5.74) is 1.24. The van der Waals surface area contributed by atoms with Gasteiger partial charge in [-0.15, -0.1) is 0 Å². The van der Waals surface area contributed by atoms with Crippen molar-refractivity contribution in [1.29, 1.82) is 0 Å². The Morgan fingerprint density at radius 3 is 2.76 bits per heavy atom. The van der Waals surface area contributed by atoms with Gasteiger partial charge in [0.15, 0.2) is 0 Å². The maximum absolute atomic E-state index is 12.4. The molecule has 0 radical (unpaired) electrons. The zero-order valence-electron chi connectivity index (χ0n) is 12.8. The molecule has 3 rings (SSSR count). The summed E-state index contributed by atoms with van der Waals surface area (Å²) < 4.78 is 5.90. The lowest BCUT2D eigenvalue weighted by atomic mass is 9.97. The molecule has 21 heavy (non-hydrogen) atoms. The topological polar surface area (TPSA) is 29.5 Å². The van der Waals surface area contributed by atoms with Crippen molar-refractivity contribution in [3.63, 3.8) is 0 Å². The van der Waals surface area contributed by atoms with E-state index in [4.69, 9.17) is 4.74 Å². The maximum atomic E-state index is 12.4. The molecule has 3 heteroatoms. The first-order chi connectivity index (χ1) is 10.2. The number of hydrogen-bond acceptors (Lipinski definition) is 2. The van der Waals surface area contributed by atoms with Gasteiger partial charge in [0.1, 0.15) is 0 Å². The maximum Gasteiger partial charge on any atom is 0.223 e.